The van der Waals surface area contributed by atoms with Gasteiger partial charge in [0, 0.05) is 23.4 Å². The van der Waals surface area contributed by atoms with E-state index in [4.69, 9.17) is 11.6 Å². The molecule has 0 fully saturated rings. The fraction of sp³-hybridized carbons (Fsp3) is 0.188. The number of carbonyl (C=O) groups excluding carboxylic acids is 1. The molecule has 8 heteroatoms. The molecule has 0 atom stereocenters. The molecule has 0 unspecified atom stereocenters. The van der Waals surface area contributed by atoms with Crippen molar-refractivity contribution < 1.29 is 13.2 Å². The molecule has 0 heterocycles. The second kappa shape index (κ2) is 8.02. The van der Waals surface area contributed by atoms with Crippen LogP contribution in [-0.2, 0) is 21.4 Å². The van der Waals surface area contributed by atoms with Gasteiger partial charge in [0.1, 0.15) is 0 Å². The van der Waals surface area contributed by atoms with E-state index in [1.54, 1.807) is 30.3 Å². The van der Waals surface area contributed by atoms with Crippen LogP contribution in [0.5, 0.6) is 0 Å². The van der Waals surface area contributed by atoms with Crippen molar-refractivity contribution in [3.05, 3.63) is 53.1 Å². The van der Waals surface area contributed by atoms with E-state index in [2.05, 4.69) is 10.0 Å². The highest BCUT2D eigenvalue weighted by Gasteiger charge is 2.16. The molecule has 2 rings (SSSR count). The molecule has 128 valence electrons. The average molecular weight is 385 g/mol. The highest BCUT2D eigenvalue weighted by Crippen LogP contribution is 2.28. The number of hydrogen-bond acceptors (Lipinski definition) is 4. The Morgan fingerprint density at radius 2 is 1.83 bits per heavy atom. The summed E-state index contributed by atoms with van der Waals surface area (Å²) in [5, 5.41) is 3.24. The number of nitrogens with one attached hydrogen (secondary N) is 2. The highest BCUT2D eigenvalue weighted by atomic mass is 35.5. The lowest BCUT2D eigenvalue weighted by molar-refractivity contribution is -0.114. The van der Waals surface area contributed by atoms with Gasteiger partial charge >= 0.3 is 0 Å². The summed E-state index contributed by atoms with van der Waals surface area (Å²) in [6, 6.07) is 11.6. The lowest BCUT2D eigenvalue weighted by Crippen LogP contribution is -2.23. The average Bonchev–Trinajstić information content (AvgIpc) is 2.54. The van der Waals surface area contributed by atoms with Crippen LogP contribution in [0.2, 0.25) is 5.02 Å². The number of anilines is 1. The van der Waals surface area contributed by atoms with Gasteiger partial charge < -0.3 is 5.32 Å². The molecule has 1 amide bonds. The molecule has 0 aromatic heterocycles. The van der Waals surface area contributed by atoms with Crippen molar-refractivity contribution in [2.45, 2.75) is 23.3 Å². The number of halogens is 1. The van der Waals surface area contributed by atoms with Crippen molar-refractivity contribution in [3.63, 3.8) is 0 Å². The number of hydrogen-bond donors (Lipinski definition) is 2. The summed E-state index contributed by atoms with van der Waals surface area (Å²) in [4.78, 5) is 12.2. The zero-order valence-corrected chi connectivity index (χ0v) is 15.6. The van der Waals surface area contributed by atoms with Crippen LogP contribution in [0.4, 0.5) is 5.69 Å². The van der Waals surface area contributed by atoms with Crippen molar-refractivity contribution >= 4 is 45.0 Å². The molecule has 0 saturated carbocycles. The molecule has 24 heavy (non-hydrogen) atoms. The Morgan fingerprint density at radius 1 is 1.17 bits per heavy atom. The number of sulfonamides is 1. The molecule has 0 aliphatic carbocycles. The normalized spacial score (nSPS) is 11.3. The topological polar surface area (TPSA) is 75.3 Å². The third-order valence-corrected chi connectivity index (χ3v) is 5.62. The van der Waals surface area contributed by atoms with Crippen LogP contribution in [0.25, 0.3) is 0 Å². The minimum absolute atomic E-state index is 0.0954. The minimum Gasteiger partial charge on any atom is -0.325 e. The van der Waals surface area contributed by atoms with E-state index in [0.717, 1.165) is 10.5 Å². The van der Waals surface area contributed by atoms with E-state index in [9.17, 15) is 13.2 Å². The van der Waals surface area contributed by atoms with Crippen molar-refractivity contribution in [3.8, 4) is 0 Å². The third kappa shape index (κ3) is 4.98. The van der Waals surface area contributed by atoms with Crippen LogP contribution >= 0.6 is 23.4 Å². The van der Waals surface area contributed by atoms with E-state index in [0.29, 0.717) is 10.7 Å². The van der Waals surface area contributed by atoms with Crippen LogP contribution in [0.1, 0.15) is 12.5 Å². The second-order valence-corrected chi connectivity index (χ2v) is 8.05. The molecular weight excluding hydrogens is 368 g/mol. The van der Waals surface area contributed by atoms with E-state index < -0.39 is 10.0 Å². The lowest BCUT2D eigenvalue weighted by atomic mass is 10.2. The van der Waals surface area contributed by atoms with E-state index in [1.165, 1.54) is 30.8 Å². The Kier molecular flexibility index (Phi) is 6.28. The Morgan fingerprint density at radius 3 is 2.42 bits per heavy atom. The highest BCUT2D eigenvalue weighted by molar-refractivity contribution is 7.98. The second-order valence-electron chi connectivity index (χ2n) is 4.99. The van der Waals surface area contributed by atoms with E-state index >= 15 is 0 Å². The molecule has 0 aliphatic rings. The standard InChI is InChI=1S/C16H17ClN2O3S2/c1-11(20)19-15-9-14(7-8-16(15)23-2)24(21,22)18-10-12-3-5-13(17)6-4-12/h3-9,18H,10H2,1-2H3,(H,19,20). The molecule has 0 aliphatic heterocycles. The van der Waals surface area contributed by atoms with Crippen LogP contribution in [0.3, 0.4) is 0 Å². The zero-order chi connectivity index (χ0) is 17.7. The first-order valence-corrected chi connectivity index (χ1v) is 10.1. The lowest BCUT2D eigenvalue weighted by Gasteiger charge is -2.12. The molecule has 2 aromatic carbocycles. The number of amides is 1. The van der Waals surface area contributed by atoms with Gasteiger partial charge in [-0.05, 0) is 42.2 Å². The van der Waals surface area contributed by atoms with Gasteiger partial charge in [0.2, 0.25) is 15.9 Å². The fourth-order valence-corrected chi connectivity index (χ4v) is 3.71. The number of benzene rings is 2. The summed E-state index contributed by atoms with van der Waals surface area (Å²) in [7, 11) is -3.70. The monoisotopic (exact) mass is 384 g/mol. The van der Waals surface area contributed by atoms with Gasteiger partial charge in [-0.15, -0.1) is 11.8 Å². The predicted molar refractivity (Wildman–Crippen MR) is 98.0 cm³/mol. The number of carbonyl (C=O) groups is 1. The van der Waals surface area contributed by atoms with Gasteiger partial charge in [0.05, 0.1) is 10.6 Å². The fourth-order valence-electron chi connectivity index (χ4n) is 2.01. The summed E-state index contributed by atoms with van der Waals surface area (Å²) >= 11 is 7.24. The van der Waals surface area contributed by atoms with Crippen molar-refractivity contribution in [1.82, 2.24) is 4.72 Å². The Balaban J connectivity index is 2.21. The van der Waals surface area contributed by atoms with Gasteiger partial charge in [-0.25, -0.2) is 13.1 Å². The summed E-state index contributed by atoms with van der Waals surface area (Å²) in [6.45, 7) is 1.53. The van der Waals surface area contributed by atoms with Crippen molar-refractivity contribution in [2.24, 2.45) is 0 Å². The molecule has 0 radical (unpaired) electrons. The number of thioether (sulfide) groups is 1. The summed E-state index contributed by atoms with van der Waals surface area (Å²) in [6.07, 6.45) is 1.85. The molecule has 5 nitrogen and oxygen atoms in total. The Bertz CT molecular complexity index is 837. The molecule has 0 bridgehead atoms. The predicted octanol–water partition coefficient (Wildman–Crippen LogP) is 3.50. The summed E-state index contributed by atoms with van der Waals surface area (Å²) in [5.74, 6) is -0.256. The summed E-state index contributed by atoms with van der Waals surface area (Å²) in [5.41, 5.74) is 1.27. The van der Waals surface area contributed by atoms with Gasteiger partial charge in [-0.2, -0.15) is 0 Å². The molecule has 2 aromatic rings. The molecule has 0 saturated heterocycles. The maximum Gasteiger partial charge on any atom is 0.240 e. The first-order valence-electron chi connectivity index (χ1n) is 7.01. The molecular formula is C16H17ClN2O3S2. The van der Waals surface area contributed by atoms with Crippen LogP contribution < -0.4 is 10.0 Å². The first kappa shape index (κ1) is 18.8. The van der Waals surface area contributed by atoms with Gasteiger partial charge in [0.15, 0.2) is 0 Å². The van der Waals surface area contributed by atoms with Crippen LogP contribution in [0, 0.1) is 0 Å². The van der Waals surface area contributed by atoms with Crippen LogP contribution in [0.15, 0.2) is 52.3 Å². The van der Waals surface area contributed by atoms with Crippen molar-refractivity contribution in [1.29, 1.82) is 0 Å². The maximum atomic E-state index is 12.5. The van der Waals surface area contributed by atoms with Gasteiger partial charge in [-0.3, -0.25) is 4.79 Å². The maximum absolute atomic E-state index is 12.5. The zero-order valence-electron chi connectivity index (χ0n) is 13.2. The van der Waals surface area contributed by atoms with E-state index in [1.807, 2.05) is 6.26 Å². The van der Waals surface area contributed by atoms with E-state index in [-0.39, 0.29) is 17.3 Å². The van der Waals surface area contributed by atoms with Crippen LogP contribution in [-0.4, -0.2) is 20.6 Å². The van der Waals surface area contributed by atoms with Gasteiger partial charge in [-0.1, -0.05) is 23.7 Å². The smallest absolute Gasteiger partial charge is 0.240 e. The third-order valence-electron chi connectivity index (χ3n) is 3.17. The quantitative estimate of drug-likeness (QED) is 0.747. The molecule has 0 spiro atoms. The van der Waals surface area contributed by atoms with Crippen molar-refractivity contribution in [2.75, 3.05) is 11.6 Å². The summed E-state index contributed by atoms with van der Waals surface area (Å²) < 4.78 is 27.4. The Hall–Kier alpha value is -1.54. The number of rotatable bonds is 6. The SMILES string of the molecule is CSc1ccc(S(=O)(=O)NCc2ccc(Cl)cc2)cc1NC(C)=O. The minimum atomic E-state index is -3.70. The largest absolute Gasteiger partial charge is 0.325 e. The Labute approximate surface area is 150 Å². The first-order chi connectivity index (χ1) is 11.3. The molecule has 2 N–H and O–H groups in total. The van der Waals surface area contributed by atoms with Gasteiger partial charge in [0.25, 0.3) is 0 Å².